The number of carbonyl (C=O) groups excluding carboxylic acids is 6. The maximum absolute atomic E-state index is 14.0. The number of phenols is 2. The first-order valence-corrected chi connectivity index (χ1v) is 19.1. The van der Waals surface area contributed by atoms with Crippen LogP contribution in [0.15, 0.2) is 84.6 Å². The zero-order valence-electron chi connectivity index (χ0n) is 33.2. The average Bonchev–Trinajstić information content (AvgIpc) is 3.59. The van der Waals surface area contributed by atoms with E-state index < -0.39 is 70.0 Å². The standard InChI is InChI=1S/C46H38N4O10/c1-19(2)31-27-15-21(5)33(39(53)35(27)29(37(51)41(31)55)17-47-49-43(57)23-11-7-8-12-24(23)44(49)58)34-22(6)16-28-32(20(3)4)42(56)38(52)30(36(28)40(34)54)18-48-50-45(59)25-13-9-10-14-26(25)46(50)60/h7-20,47-48,53-56H,1-6H3. The van der Waals surface area contributed by atoms with Gasteiger partial charge in [-0.3, -0.25) is 39.6 Å². The number of Topliss-reactive ketones (excluding diaryl/α,β-unsaturated/α-hetero) is 2. The van der Waals surface area contributed by atoms with E-state index >= 15 is 0 Å². The second-order valence-corrected chi connectivity index (χ2v) is 15.5. The predicted octanol–water partition coefficient (Wildman–Crippen LogP) is 6.68. The third kappa shape index (κ3) is 5.55. The molecule has 14 heteroatoms. The number of hydrazine groups is 2. The summed E-state index contributed by atoms with van der Waals surface area (Å²) in [5.74, 6) is -7.61. The zero-order valence-corrected chi connectivity index (χ0v) is 33.2. The Morgan fingerprint density at radius 3 is 1.07 bits per heavy atom. The molecule has 0 unspecified atom stereocenters. The summed E-state index contributed by atoms with van der Waals surface area (Å²) < 4.78 is 0. The third-order valence-electron chi connectivity index (χ3n) is 11.2. The van der Waals surface area contributed by atoms with Gasteiger partial charge in [-0.2, -0.15) is 10.0 Å². The number of allylic oxidation sites excluding steroid dienone is 4. The summed E-state index contributed by atoms with van der Waals surface area (Å²) >= 11 is 0. The van der Waals surface area contributed by atoms with Crippen LogP contribution in [0.4, 0.5) is 0 Å². The number of amides is 4. The minimum absolute atomic E-state index is 0.0421. The highest BCUT2D eigenvalue weighted by molar-refractivity contribution is 6.35. The Labute approximate surface area is 343 Å². The van der Waals surface area contributed by atoms with E-state index in [2.05, 4.69) is 10.9 Å². The maximum atomic E-state index is 14.0. The van der Waals surface area contributed by atoms with Crippen molar-refractivity contribution in [2.45, 2.75) is 41.5 Å². The Kier molecular flexibility index (Phi) is 9.11. The zero-order chi connectivity index (χ0) is 43.2. The van der Waals surface area contributed by atoms with Crippen LogP contribution >= 0.6 is 0 Å². The molecule has 0 atom stereocenters. The molecular formula is C46H38N4O10. The van der Waals surface area contributed by atoms with E-state index in [4.69, 9.17) is 0 Å². The summed E-state index contributed by atoms with van der Waals surface area (Å²) in [5, 5.41) is 48.8. The molecule has 0 saturated carbocycles. The van der Waals surface area contributed by atoms with Gasteiger partial charge >= 0.3 is 0 Å². The number of ketones is 2. The highest BCUT2D eigenvalue weighted by Gasteiger charge is 2.41. The number of benzene rings is 4. The molecule has 8 rings (SSSR count). The first kappa shape index (κ1) is 39.1. The Bertz CT molecular complexity index is 2600. The lowest BCUT2D eigenvalue weighted by molar-refractivity contribution is -0.113. The van der Waals surface area contributed by atoms with E-state index in [0.29, 0.717) is 21.1 Å². The van der Waals surface area contributed by atoms with E-state index in [0.717, 1.165) is 12.4 Å². The van der Waals surface area contributed by atoms with Gasteiger partial charge in [0.1, 0.15) is 11.5 Å². The van der Waals surface area contributed by atoms with Gasteiger partial charge in [0.15, 0.2) is 11.5 Å². The van der Waals surface area contributed by atoms with Crippen molar-refractivity contribution in [1.29, 1.82) is 0 Å². The highest BCUT2D eigenvalue weighted by Crippen LogP contribution is 2.53. The van der Waals surface area contributed by atoms with Crippen LogP contribution in [0.1, 0.15) is 103 Å². The predicted molar refractivity (Wildman–Crippen MR) is 220 cm³/mol. The van der Waals surface area contributed by atoms with Crippen molar-refractivity contribution in [3.05, 3.63) is 140 Å². The Morgan fingerprint density at radius 1 is 0.483 bits per heavy atom. The van der Waals surface area contributed by atoms with Gasteiger partial charge in [-0.1, -0.05) is 64.1 Å². The smallest absolute Gasteiger partial charge is 0.280 e. The molecule has 302 valence electrons. The largest absolute Gasteiger partial charge is 0.507 e. The number of aromatic hydroxyl groups is 2. The topological polar surface area (TPSA) is 214 Å². The van der Waals surface area contributed by atoms with Crippen LogP contribution in [0.3, 0.4) is 0 Å². The normalized spacial score (nSPS) is 17.5. The number of aliphatic hydroxyl groups is 2. The van der Waals surface area contributed by atoms with Gasteiger partial charge in [-0.25, -0.2) is 0 Å². The van der Waals surface area contributed by atoms with Crippen LogP contribution < -0.4 is 10.9 Å². The summed E-state index contributed by atoms with van der Waals surface area (Å²) in [4.78, 5) is 80.8. The van der Waals surface area contributed by atoms with E-state index in [1.54, 1.807) is 77.9 Å². The number of rotatable bonds is 7. The number of carbonyl (C=O) groups is 6. The number of hydrogen-bond acceptors (Lipinski definition) is 12. The molecule has 4 aromatic rings. The Morgan fingerprint density at radius 2 is 0.783 bits per heavy atom. The summed E-state index contributed by atoms with van der Waals surface area (Å²) in [6.45, 7) is 10.3. The Hall–Kier alpha value is -7.74. The minimum Gasteiger partial charge on any atom is -0.507 e. The van der Waals surface area contributed by atoms with Crippen LogP contribution in [-0.4, -0.2) is 65.6 Å². The molecule has 4 aliphatic rings. The molecule has 0 aromatic heterocycles. The SMILES string of the molecule is Cc1cc2c(c(O)c1-c1c(C)cc3c(c1O)C(=CNN1C(=O)c4ccccc4C1=O)C(=O)C(O)=C3C(C)C)C(=CNN1C(=O)c3ccccc3C1=O)C(=O)C(O)=C2C(C)C. The fourth-order valence-corrected chi connectivity index (χ4v) is 8.50. The molecule has 0 fully saturated rings. The van der Waals surface area contributed by atoms with Crippen LogP contribution in [0.2, 0.25) is 0 Å². The van der Waals surface area contributed by atoms with Crippen molar-refractivity contribution in [3.8, 4) is 22.6 Å². The van der Waals surface area contributed by atoms with Gasteiger partial charge in [0.05, 0.1) is 33.4 Å². The number of imide groups is 2. The monoisotopic (exact) mass is 806 g/mol. The van der Waals surface area contributed by atoms with Crippen molar-refractivity contribution in [3.63, 3.8) is 0 Å². The van der Waals surface area contributed by atoms with Crippen LogP contribution in [-0.2, 0) is 9.59 Å². The van der Waals surface area contributed by atoms with E-state index in [9.17, 15) is 49.2 Å². The van der Waals surface area contributed by atoms with Gasteiger partial charge in [0.2, 0.25) is 11.6 Å². The second kappa shape index (κ2) is 14.0. The van der Waals surface area contributed by atoms with Crippen molar-refractivity contribution >= 4 is 57.5 Å². The van der Waals surface area contributed by atoms with Crippen LogP contribution in [0, 0.1) is 25.7 Å². The highest BCUT2D eigenvalue weighted by atomic mass is 16.3. The number of nitrogens with zero attached hydrogens (tertiary/aromatic N) is 2. The number of aliphatic hydroxyl groups excluding tert-OH is 2. The Balaban J connectivity index is 1.31. The molecule has 14 nitrogen and oxygen atoms in total. The first-order valence-electron chi connectivity index (χ1n) is 19.1. The number of phenolic OH excluding ortho intramolecular Hbond substituents is 2. The molecule has 0 spiro atoms. The first-order chi connectivity index (χ1) is 28.5. The summed E-state index contributed by atoms with van der Waals surface area (Å²) in [6, 6.07) is 15.6. The number of nitrogens with one attached hydrogen (secondary N) is 2. The maximum Gasteiger partial charge on any atom is 0.280 e. The lowest BCUT2D eigenvalue weighted by Gasteiger charge is -2.30. The molecule has 2 aliphatic heterocycles. The summed E-state index contributed by atoms with van der Waals surface area (Å²) in [7, 11) is 0. The second-order valence-electron chi connectivity index (χ2n) is 15.5. The lowest BCUT2D eigenvalue weighted by Crippen LogP contribution is -2.39. The molecule has 2 aliphatic carbocycles. The molecule has 4 amide bonds. The van der Waals surface area contributed by atoms with Gasteiger partial charge in [0.25, 0.3) is 23.6 Å². The average molecular weight is 807 g/mol. The van der Waals surface area contributed by atoms with Gasteiger partial charge < -0.3 is 20.4 Å². The van der Waals surface area contributed by atoms with Crippen LogP contribution in [0.5, 0.6) is 11.5 Å². The van der Waals surface area contributed by atoms with Crippen molar-refractivity contribution < 1.29 is 49.2 Å². The fourth-order valence-electron chi connectivity index (χ4n) is 8.50. The van der Waals surface area contributed by atoms with Crippen molar-refractivity contribution in [2.24, 2.45) is 11.8 Å². The molecule has 4 aromatic carbocycles. The van der Waals surface area contributed by atoms with E-state index in [1.165, 1.54) is 24.3 Å². The molecule has 0 bridgehead atoms. The molecule has 0 radical (unpaired) electrons. The third-order valence-corrected chi connectivity index (χ3v) is 11.2. The lowest BCUT2D eigenvalue weighted by atomic mass is 9.75. The fraction of sp³-hybridized carbons (Fsp3) is 0.174. The quantitative estimate of drug-likeness (QED) is 0.0853. The summed E-state index contributed by atoms with van der Waals surface area (Å²) in [6.07, 6.45) is 2.11. The molecule has 2 heterocycles. The van der Waals surface area contributed by atoms with E-state index in [-0.39, 0.29) is 77.9 Å². The van der Waals surface area contributed by atoms with Crippen LogP contribution in [0.25, 0.3) is 33.4 Å². The van der Waals surface area contributed by atoms with Gasteiger partial charge in [0, 0.05) is 45.8 Å². The minimum atomic E-state index is -0.913. The number of aryl methyl sites for hydroxylation is 2. The van der Waals surface area contributed by atoms with Gasteiger partial charge in [-0.05, 0) is 72.2 Å². The molecule has 60 heavy (non-hydrogen) atoms. The molecule has 0 saturated heterocycles. The molecular weight excluding hydrogens is 769 g/mol. The summed E-state index contributed by atoms with van der Waals surface area (Å²) in [5.41, 5.74) is 6.90. The number of fused-ring (bicyclic) bond motifs is 4. The number of hydrogen-bond donors (Lipinski definition) is 6. The van der Waals surface area contributed by atoms with Gasteiger partial charge in [-0.15, -0.1) is 0 Å². The van der Waals surface area contributed by atoms with Crippen molar-refractivity contribution in [2.75, 3.05) is 0 Å². The molecule has 6 N–H and O–H groups in total. The van der Waals surface area contributed by atoms with E-state index in [1.807, 2.05) is 0 Å². The van der Waals surface area contributed by atoms with Crippen molar-refractivity contribution in [1.82, 2.24) is 20.9 Å².